The van der Waals surface area contributed by atoms with Gasteiger partial charge < -0.3 is 9.47 Å². The zero-order valence-corrected chi connectivity index (χ0v) is 19.2. The summed E-state index contributed by atoms with van der Waals surface area (Å²) >= 11 is 0. The SMILES string of the molecule is O=C(/C(=C\OC(=O)c1ccccc1)c1ccccc1)/C(=C/OC(=O)c1ccccc1)c1ccccc1. The van der Waals surface area contributed by atoms with Crippen molar-refractivity contribution in [3.8, 4) is 0 Å². The van der Waals surface area contributed by atoms with E-state index < -0.39 is 17.7 Å². The fourth-order valence-corrected chi connectivity index (χ4v) is 3.40. The van der Waals surface area contributed by atoms with Gasteiger partial charge in [-0.2, -0.15) is 0 Å². The standard InChI is InChI=1S/C31H22O5/c32-29(27(23-13-5-1-6-14-23)21-35-30(33)25-17-9-3-10-18-25)28(24-15-7-2-8-16-24)22-36-31(34)26-19-11-4-12-20-26/h1-22H/b27-21-,28-22+. The van der Waals surface area contributed by atoms with Gasteiger partial charge in [-0.15, -0.1) is 0 Å². The highest BCUT2D eigenvalue weighted by atomic mass is 16.5. The number of hydrogen-bond donors (Lipinski definition) is 0. The molecule has 0 N–H and O–H groups in total. The number of hydrogen-bond acceptors (Lipinski definition) is 5. The van der Waals surface area contributed by atoms with Crippen molar-refractivity contribution < 1.29 is 23.9 Å². The summed E-state index contributed by atoms with van der Waals surface area (Å²) in [6.45, 7) is 0. The summed E-state index contributed by atoms with van der Waals surface area (Å²) in [7, 11) is 0. The Morgan fingerprint density at radius 1 is 0.417 bits per heavy atom. The Balaban J connectivity index is 1.70. The van der Waals surface area contributed by atoms with E-state index in [9.17, 15) is 14.4 Å². The maximum Gasteiger partial charge on any atom is 0.342 e. The van der Waals surface area contributed by atoms with Gasteiger partial charge in [-0.1, -0.05) is 97.1 Å². The lowest BCUT2D eigenvalue weighted by atomic mass is 9.94. The van der Waals surface area contributed by atoms with Crippen LogP contribution in [0.3, 0.4) is 0 Å². The predicted octanol–water partition coefficient (Wildman–Crippen LogP) is 6.35. The van der Waals surface area contributed by atoms with Crippen molar-refractivity contribution in [3.05, 3.63) is 156 Å². The molecule has 0 unspecified atom stereocenters. The van der Waals surface area contributed by atoms with Crippen LogP contribution in [0.2, 0.25) is 0 Å². The smallest absolute Gasteiger partial charge is 0.342 e. The third kappa shape index (κ3) is 6.10. The summed E-state index contributed by atoms with van der Waals surface area (Å²) in [6, 6.07) is 34.6. The van der Waals surface area contributed by atoms with Crippen molar-refractivity contribution >= 4 is 28.9 Å². The van der Waals surface area contributed by atoms with Crippen LogP contribution in [0.15, 0.2) is 134 Å². The first-order chi connectivity index (χ1) is 17.6. The highest BCUT2D eigenvalue weighted by molar-refractivity contribution is 6.42. The fourth-order valence-electron chi connectivity index (χ4n) is 3.40. The molecule has 0 radical (unpaired) electrons. The molecule has 36 heavy (non-hydrogen) atoms. The molecule has 0 saturated heterocycles. The summed E-state index contributed by atoms with van der Waals surface area (Å²) in [5.41, 5.74) is 2.05. The minimum atomic E-state index is -0.599. The predicted molar refractivity (Wildman–Crippen MR) is 138 cm³/mol. The van der Waals surface area contributed by atoms with Crippen molar-refractivity contribution in [1.82, 2.24) is 0 Å². The molecular weight excluding hydrogens is 452 g/mol. The second-order valence-corrected chi connectivity index (χ2v) is 7.67. The fraction of sp³-hybridized carbons (Fsp3) is 0. The van der Waals surface area contributed by atoms with E-state index in [1.54, 1.807) is 109 Å². The van der Waals surface area contributed by atoms with E-state index in [1.165, 1.54) is 0 Å². The second-order valence-electron chi connectivity index (χ2n) is 7.67. The highest BCUT2D eigenvalue weighted by Crippen LogP contribution is 2.26. The number of ketones is 1. The van der Waals surface area contributed by atoms with Crippen LogP contribution in [-0.4, -0.2) is 17.7 Å². The van der Waals surface area contributed by atoms with Crippen molar-refractivity contribution in [2.24, 2.45) is 0 Å². The molecule has 5 heteroatoms. The number of Topliss-reactive ketones (excluding diaryl/α,β-unsaturated/α-hetero) is 1. The first-order valence-corrected chi connectivity index (χ1v) is 11.2. The van der Waals surface area contributed by atoms with E-state index in [4.69, 9.17) is 9.47 Å². The average Bonchev–Trinajstić information content (AvgIpc) is 2.95. The van der Waals surface area contributed by atoms with E-state index in [1.807, 2.05) is 12.1 Å². The van der Waals surface area contributed by atoms with Gasteiger partial charge in [0, 0.05) is 0 Å². The van der Waals surface area contributed by atoms with Crippen LogP contribution < -0.4 is 0 Å². The van der Waals surface area contributed by atoms with Crippen LogP contribution in [0.4, 0.5) is 0 Å². The third-order valence-electron chi connectivity index (χ3n) is 5.25. The Bertz CT molecular complexity index is 1280. The minimum absolute atomic E-state index is 0.130. The van der Waals surface area contributed by atoms with Crippen LogP contribution in [0.1, 0.15) is 31.8 Å². The minimum Gasteiger partial charge on any atom is -0.430 e. The molecule has 0 bridgehead atoms. The molecule has 0 atom stereocenters. The molecule has 0 saturated carbocycles. The summed E-state index contributed by atoms with van der Waals surface area (Å²) < 4.78 is 10.8. The van der Waals surface area contributed by atoms with Gasteiger partial charge in [0.15, 0.2) is 5.78 Å². The highest BCUT2D eigenvalue weighted by Gasteiger charge is 2.21. The molecule has 0 aliphatic heterocycles. The van der Waals surface area contributed by atoms with Crippen molar-refractivity contribution in [2.45, 2.75) is 0 Å². The molecule has 0 aliphatic carbocycles. The van der Waals surface area contributed by atoms with Crippen LogP contribution in [0.25, 0.3) is 11.1 Å². The Morgan fingerprint density at radius 2 is 0.694 bits per heavy atom. The number of ether oxygens (including phenoxy) is 2. The van der Waals surface area contributed by atoms with Gasteiger partial charge in [-0.25, -0.2) is 9.59 Å². The maximum atomic E-state index is 13.8. The van der Waals surface area contributed by atoms with E-state index in [0.29, 0.717) is 22.3 Å². The van der Waals surface area contributed by atoms with Gasteiger partial charge >= 0.3 is 11.9 Å². The zero-order valence-electron chi connectivity index (χ0n) is 19.2. The molecule has 4 aromatic carbocycles. The van der Waals surface area contributed by atoms with Gasteiger partial charge in [0.25, 0.3) is 0 Å². The maximum absolute atomic E-state index is 13.8. The Labute approximate surface area is 208 Å². The summed E-state index contributed by atoms with van der Waals surface area (Å²) in [5, 5.41) is 0. The average molecular weight is 475 g/mol. The number of allylic oxidation sites excluding steroid dienone is 2. The van der Waals surface area contributed by atoms with E-state index in [-0.39, 0.29) is 11.1 Å². The van der Waals surface area contributed by atoms with Gasteiger partial charge in [0.05, 0.1) is 22.3 Å². The largest absolute Gasteiger partial charge is 0.430 e. The molecule has 0 aromatic heterocycles. The van der Waals surface area contributed by atoms with Crippen LogP contribution >= 0.6 is 0 Å². The first-order valence-electron chi connectivity index (χ1n) is 11.2. The number of esters is 2. The van der Waals surface area contributed by atoms with Crippen molar-refractivity contribution in [2.75, 3.05) is 0 Å². The summed E-state index contributed by atoms with van der Waals surface area (Å²) in [4.78, 5) is 38.9. The second kappa shape index (κ2) is 11.9. The number of benzene rings is 4. The lowest BCUT2D eigenvalue weighted by molar-refractivity contribution is -0.108. The van der Waals surface area contributed by atoms with Crippen LogP contribution in [-0.2, 0) is 14.3 Å². The lowest BCUT2D eigenvalue weighted by Crippen LogP contribution is -2.09. The van der Waals surface area contributed by atoms with Gasteiger partial charge in [-0.3, -0.25) is 4.79 Å². The third-order valence-corrected chi connectivity index (χ3v) is 5.25. The Kier molecular flexibility index (Phi) is 7.97. The normalized spacial score (nSPS) is 11.4. The quantitative estimate of drug-likeness (QED) is 0.169. The number of carbonyl (C=O) groups excluding carboxylic acids is 3. The van der Waals surface area contributed by atoms with Crippen LogP contribution in [0.5, 0.6) is 0 Å². The van der Waals surface area contributed by atoms with E-state index in [2.05, 4.69) is 0 Å². The molecule has 0 amide bonds. The Morgan fingerprint density at radius 3 is 1.00 bits per heavy atom. The number of carbonyl (C=O) groups is 3. The zero-order chi connectivity index (χ0) is 25.2. The van der Waals surface area contributed by atoms with Crippen molar-refractivity contribution in [1.29, 1.82) is 0 Å². The molecule has 0 spiro atoms. The molecular formula is C31H22O5. The van der Waals surface area contributed by atoms with Crippen molar-refractivity contribution in [3.63, 3.8) is 0 Å². The van der Waals surface area contributed by atoms with Gasteiger partial charge in [0.2, 0.25) is 0 Å². The molecule has 0 aliphatic rings. The monoisotopic (exact) mass is 474 g/mol. The van der Waals surface area contributed by atoms with Crippen LogP contribution in [0, 0.1) is 0 Å². The Hall–Kier alpha value is -5.03. The lowest BCUT2D eigenvalue weighted by Gasteiger charge is -2.11. The molecule has 4 rings (SSSR count). The molecule has 5 nitrogen and oxygen atoms in total. The molecule has 176 valence electrons. The molecule has 0 fully saturated rings. The summed E-state index contributed by atoms with van der Waals surface area (Å²) in [5.74, 6) is -1.68. The molecule has 0 heterocycles. The summed E-state index contributed by atoms with van der Waals surface area (Å²) in [6.07, 6.45) is 2.28. The van der Waals surface area contributed by atoms with Gasteiger partial charge in [0.1, 0.15) is 12.5 Å². The first kappa shape index (κ1) is 24.1. The van der Waals surface area contributed by atoms with E-state index in [0.717, 1.165) is 12.5 Å². The van der Waals surface area contributed by atoms with Gasteiger partial charge in [-0.05, 0) is 35.4 Å². The topological polar surface area (TPSA) is 69.7 Å². The number of rotatable bonds is 8. The van der Waals surface area contributed by atoms with E-state index >= 15 is 0 Å². The molecule has 4 aromatic rings.